The lowest BCUT2D eigenvalue weighted by Crippen LogP contribution is -2.37. The van der Waals surface area contributed by atoms with E-state index in [4.69, 9.17) is 4.74 Å². The Labute approximate surface area is 134 Å². The van der Waals surface area contributed by atoms with Gasteiger partial charge in [0.15, 0.2) is 0 Å². The molecule has 2 aromatic carbocycles. The molecular weight excluding hydrogens is 270 g/mol. The van der Waals surface area contributed by atoms with E-state index in [0.29, 0.717) is 6.61 Å². The van der Waals surface area contributed by atoms with Crippen molar-refractivity contribution in [1.29, 1.82) is 0 Å². The van der Waals surface area contributed by atoms with E-state index < -0.39 is 0 Å². The lowest BCUT2D eigenvalue weighted by Gasteiger charge is -2.27. The molecule has 0 aliphatic heterocycles. The summed E-state index contributed by atoms with van der Waals surface area (Å²) in [5, 5.41) is 3.66. The summed E-state index contributed by atoms with van der Waals surface area (Å²) in [6.07, 6.45) is 2.26. The quantitative estimate of drug-likeness (QED) is 0.722. The fourth-order valence-electron chi connectivity index (χ4n) is 2.57. The van der Waals surface area contributed by atoms with Crippen LogP contribution in [0.15, 0.2) is 54.6 Å². The Morgan fingerprint density at radius 1 is 0.955 bits per heavy atom. The Kier molecular flexibility index (Phi) is 6.02. The average molecular weight is 297 g/mol. The highest BCUT2D eigenvalue weighted by Gasteiger charge is 2.19. The Hall–Kier alpha value is -1.80. The van der Waals surface area contributed by atoms with Gasteiger partial charge in [0.2, 0.25) is 0 Å². The van der Waals surface area contributed by atoms with Crippen molar-refractivity contribution in [3.05, 3.63) is 65.7 Å². The summed E-state index contributed by atoms with van der Waals surface area (Å²) in [6.45, 7) is 8.18. The summed E-state index contributed by atoms with van der Waals surface area (Å²) in [6, 6.07) is 19.0. The van der Waals surface area contributed by atoms with E-state index in [0.717, 1.165) is 25.1 Å². The molecule has 0 atom stereocenters. The zero-order chi connectivity index (χ0) is 15.8. The molecule has 2 aromatic rings. The van der Waals surface area contributed by atoms with Gasteiger partial charge in [-0.1, -0.05) is 42.5 Å². The summed E-state index contributed by atoms with van der Waals surface area (Å²) < 4.78 is 5.50. The van der Waals surface area contributed by atoms with Crippen molar-refractivity contribution >= 4 is 0 Å². The number of ether oxygens (including phenoxy) is 1. The van der Waals surface area contributed by atoms with Crippen molar-refractivity contribution in [3.63, 3.8) is 0 Å². The molecule has 1 N–H and O–H groups in total. The van der Waals surface area contributed by atoms with Crippen LogP contribution in [0.4, 0.5) is 0 Å². The second-order valence-corrected chi connectivity index (χ2v) is 6.10. The number of benzene rings is 2. The van der Waals surface area contributed by atoms with E-state index in [9.17, 15) is 0 Å². The minimum absolute atomic E-state index is 0.0264. The molecular formula is C20H27NO. The van der Waals surface area contributed by atoms with Crippen molar-refractivity contribution in [2.75, 3.05) is 13.2 Å². The third-order valence-electron chi connectivity index (χ3n) is 3.94. The number of hydrogen-bond acceptors (Lipinski definition) is 2. The van der Waals surface area contributed by atoms with Crippen LogP contribution in [0, 0.1) is 0 Å². The Bertz CT molecular complexity index is 546. The van der Waals surface area contributed by atoms with Gasteiger partial charge in [-0.25, -0.2) is 0 Å². The normalized spacial score (nSPS) is 11.4. The Balaban J connectivity index is 1.82. The zero-order valence-corrected chi connectivity index (χ0v) is 13.9. The predicted octanol–water partition coefficient (Wildman–Crippen LogP) is 4.54. The molecule has 2 rings (SSSR count). The first-order valence-corrected chi connectivity index (χ1v) is 8.14. The van der Waals surface area contributed by atoms with Crippen molar-refractivity contribution in [1.82, 2.24) is 5.32 Å². The zero-order valence-electron chi connectivity index (χ0n) is 13.9. The van der Waals surface area contributed by atoms with E-state index in [1.807, 2.05) is 19.1 Å². The average Bonchev–Trinajstić information content (AvgIpc) is 2.53. The van der Waals surface area contributed by atoms with Gasteiger partial charge < -0.3 is 10.1 Å². The first-order valence-electron chi connectivity index (χ1n) is 8.14. The van der Waals surface area contributed by atoms with Crippen LogP contribution in [-0.2, 0) is 12.0 Å². The highest BCUT2D eigenvalue weighted by molar-refractivity contribution is 5.31. The number of hydrogen-bond donors (Lipinski definition) is 1. The molecule has 0 radical (unpaired) electrons. The van der Waals surface area contributed by atoms with Crippen LogP contribution in [0.5, 0.6) is 5.75 Å². The topological polar surface area (TPSA) is 21.3 Å². The van der Waals surface area contributed by atoms with Gasteiger partial charge in [0.1, 0.15) is 5.75 Å². The fraction of sp³-hybridized carbons (Fsp3) is 0.400. The third kappa shape index (κ3) is 4.88. The highest BCUT2D eigenvalue weighted by Crippen LogP contribution is 2.22. The molecule has 118 valence electrons. The van der Waals surface area contributed by atoms with Gasteiger partial charge in [-0.2, -0.15) is 0 Å². The van der Waals surface area contributed by atoms with E-state index in [1.165, 1.54) is 11.1 Å². The molecule has 0 unspecified atom stereocenters. The van der Waals surface area contributed by atoms with Crippen LogP contribution in [0.1, 0.15) is 38.3 Å². The van der Waals surface area contributed by atoms with Gasteiger partial charge in [0, 0.05) is 5.54 Å². The molecule has 0 saturated heterocycles. The predicted molar refractivity (Wildman–Crippen MR) is 93.4 cm³/mol. The van der Waals surface area contributed by atoms with Gasteiger partial charge in [-0.15, -0.1) is 0 Å². The molecule has 0 saturated carbocycles. The van der Waals surface area contributed by atoms with E-state index in [2.05, 4.69) is 61.6 Å². The second-order valence-electron chi connectivity index (χ2n) is 6.10. The molecule has 0 aliphatic carbocycles. The van der Waals surface area contributed by atoms with Gasteiger partial charge >= 0.3 is 0 Å². The third-order valence-corrected chi connectivity index (χ3v) is 3.94. The molecule has 2 nitrogen and oxygen atoms in total. The number of aryl methyl sites for hydroxylation is 1. The Morgan fingerprint density at radius 3 is 2.27 bits per heavy atom. The Morgan fingerprint density at radius 2 is 1.64 bits per heavy atom. The monoisotopic (exact) mass is 297 g/mol. The first kappa shape index (κ1) is 16.6. The standard InChI is InChI=1S/C20H27NO/c1-4-22-19-14-12-18(13-15-19)20(2,3)21-16-8-11-17-9-6-5-7-10-17/h5-7,9-10,12-15,21H,4,8,11,16H2,1-3H3. The second kappa shape index (κ2) is 8.00. The van der Waals surface area contributed by atoms with Crippen LogP contribution < -0.4 is 10.1 Å². The van der Waals surface area contributed by atoms with E-state index in [1.54, 1.807) is 0 Å². The molecule has 0 fully saturated rings. The molecule has 2 heteroatoms. The van der Waals surface area contributed by atoms with E-state index in [-0.39, 0.29) is 5.54 Å². The van der Waals surface area contributed by atoms with Crippen LogP contribution in [-0.4, -0.2) is 13.2 Å². The highest BCUT2D eigenvalue weighted by atomic mass is 16.5. The van der Waals surface area contributed by atoms with Crippen LogP contribution in [0.2, 0.25) is 0 Å². The lowest BCUT2D eigenvalue weighted by atomic mass is 9.94. The van der Waals surface area contributed by atoms with Gasteiger partial charge in [-0.3, -0.25) is 0 Å². The summed E-state index contributed by atoms with van der Waals surface area (Å²) >= 11 is 0. The molecule has 0 amide bonds. The van der Waals surface area contributed by atoms with Crippen LogP contribution >= 0.6 is 0 Å². The van der Waals surface area contributed by atoms with Gasteiger partial charge in [-0.05, 0) is 63.4 Å². The summed E-state index contributed by atoms with van der Waals surface area (Å²) in [4.78, 5) is 0. The molecule has 0 spiro atoms. The fourth-order valence-corrected chi connectivity index (χ4v) is 2.57. The smallest absolute Gasteiger partial charge is 0.119 e. The van der Waals surface area contributed by atoms with Crippen LogP contribution in [0.3, 0.4) is 0 Å². The maximum Gasteiger partial charge on any atom is 0.119 e. The molecule has 22 heavy (non-hydrogen) atoms. The van der Waals surface area contributed by atoms with Gasteiger partial charge in [0.25, 0.3) is 0 Å². The van der Waals surface area contributed by atoms with Gasteiger partial charge in [0.05, 0.1) is 6.61 Å². The maximum absolute atomic E-state index is 5.50. The van der Waals surface area contributed by atoms with E-state index >= 15 is 0 Å². The maximum atomic E-state index is 5.50. The number of nitrogens with one attached hydrogen (secondary N) is 1. The molecule has 0 aliphatic rings. The van der Waals surface area contributed by atoms with Crippen molar-refractivity contribution < 1.29 is 4.74 Å². The molecule has 0 aromatic heterocycles. The minimum atomic E-state index is -0.0264. The number of rotatable bonds is 8. The van der Waals surface area contributed by atoms with Crippen molar-refractivity contribution in [2.24, 2.45) is 0 Å². The minimum Gasteiger partial charge on any atom is -0.494 e. The summed E-state index contributed by atoms with van der Waals surface area (Å²) in [5.74, 6) is 0.936. The van der Waals surface area contributed by atoms with Crippen LogP contribution in [0.25, 0.3) is 0 Å². The molecule has 0 heterocycles. The van der Waals surface area contributed by atoms with Crippen molar-refractivity contribution in [2.45, 2.75) is 39.2 Å². The molecule has 0 bridgehead atoms. The summed E-state index contributed by atoms with van der Waals surface area (Å²) in [5.41, 5.74) is 2.67. The van der Waals surface area contributed by atoms with Crippen molar-refractivity contribution in [3.8, 4) is 5.75 Å². The lowest BCUT2D eigenvalue weighted by molar-refractivity contribution is 0.339. The summed E-state index contributed by atoms with van der Waals surface area (Å²) in [7, 11) is 0. The first-order chi connectivity index (χ1) is 10.6. The largest absolute Gasteiger partial charge is 0.494 e. The SMILES string of the molecule is CCOc1ccc(C(C)(C)NCCCc2ccccc2)cc1.